The van der Waals surface area contributed by atoms with Crippen molar-refractivity contribution in [2.45, 2.75) is 33.4 Å². The van der Waals surface area contributed by atoms with E-state index >= 15 is 0 Å². The molecule has 0 aromatic rings. The van der Waals surface area contributed by atoms with Crippen molar-refractivity contribution in [3.05, 3.63) is 23.9 Å². The van der Waals surface area contributed by atoms with Gasteiger partial charge in [0.1, 0.15) is 0 Å². The summed E-state index contributed by atoms with van der Waals surface area (Å²) < 4.78 is 37.5. The smallest absolute Gasteiger partial charge is 0.329 e. The summed E-state index contributed by atoms with van der Waals surface area (Å²) in [5, 5.41) is 2.53. The first-order valence-electron chi connectivity index (χ1n) is 5.36. The van der Waals surface area contributed by atoms with Crippen LogP contribution in [-0.4, -0.2) is 12.1 Å². The summed E-state index contributed by atoms with van der Waals surface area (Å²) >= 11 is 0. The second-order valence-electron chi connectivity index (χ2n) is 5.13. The predicted molar refractivity (Wildman–Crippen MR) is 59.0 cm³/mol. The number of amides is 1. The van der Waals surface area contributed by atoms with E-state index in [-0.39, 0.29) is 12.3 Å². The summed E-state index contributed by atoms with van der Waals surface area (Å²) in [5.74, 6) is -1.79. The zero-order chi connectivity index (χ0) is 13.3. The van der Waals surface area contributed by atoms with Crippen LogP contribution in [0.2, 0.25) is 0 Å². The van der Waals surface area contributed by atoms with Gasteiger partial charge in [0.25, 0.3) is 0 Å². The fraction of sp³-hybridized carbons (Fsp3) is 0.583. The number of alkyl halides is 3. The minimum absolute atomic E-state index is 0.207. The molecule has 0 fully saturated rings. The molecule has 1 unspecified atom stereocenters. The molecule has 0 aromatic heterocycles. The van der Waals surface area contributed by atoms with Gasteiger partial charge in [-0.2, -0.15) is 13.2 Å². The lowest BCUT2D eigenvalue weighted by Crippen LogP contribution is -2.36. The quantitative estimate of drug-likeness (QED) is 0.757. The number of carbonyl (C=O) groups excluding carboxylic acids is 1. The predicted octanol–water partition coefficient (Wildman–Crippen LogP) is 3.17. The van der Waals surface area contributed by atoms with Gasteiger partial charge in [0.05, 0.1) is 5.92 Å². The van der Waals surface area contributed by atoms with Crippen LogP contribution in [0.15, 0.2) is 23.9 Å². The van der Waals surface area contributed by atoms with Gasteiger partial charge in [-0.05, 0) is 6.08 Å². The van der Waals surface area contributed by atoms with Crippen LogP contribution in [-0.2, 0) is 4.79 Å². The van der Waals surface area contributed by atoms with E-state index in [4.69, 9.17) is 0 Å². The molecule has 0 aliphatic heterocycles. The van der Waals surface area contributed by atoms with Crippen LogP contribution in [0.1, 0.15) is 27.2 Å². The van der Waals surface area contributed by atoms with Crippen LogP contribution in [0.5, 0.6) is 0 Å². The van der Waals surface area contributed by atoms with Crippen molar-refractivity contribution in [3.8, 4) is 0 Å². The van der Waals surface area contributed by atoms with Crippen molar-refractivity contribution in [1.29, 1.82) is 0 Å². The summed E-state index contributed by atoms with van der Waals surface area (Å²) in [6.07, 6.45) is -0.525. The van der Waals surface area contributed by atoms with Crippen molar-refractivity contribution >= 4 is 5.91 Å². The fourth-order valence-corrected chi connectivity index (χ4v) is 1.33. The highest BCUT2D eigenvalue weighted by Gasteiger charge is 2.39. The minimum Gasteiger partial charge on any atom is -0.329 e. The van der Waals surface area contributed by atoms with Gasteiger partial charge >= 0.3 is 6.18 Å². The molecule has 0 spiro atoms. The van der Waals surface area contributed by atoms with Crippen molar-refractivity contribution in [2.24, 2.45) is 11.3 Å². The standard InChI is InChI=1S/C12H16F3NO/c1-11(2,3)10(17)16-9-6-4-5-8(7-9)12(13,14)15/h4-6,8H,7H2,1-3H3,(H,16,17). The van der Waals surface area contributed by atoms with Crippen LogP contribution in [0.25, 0.3) is 0 Å². The first-order valence-corrected chi connectivity index (χ1v) is 5.36. The highest BCUT2D eigenvalue weighted by atomic mass is 19.4. The van der Waals surface area contributed by atoms with Crippen molar-refractivity contribution < 1.29 is 18.0 Å². The van der Waals surface area contributed by atoms with Gasteiger partial charge in [0.2, 0.25) is 5.91 Å². The number of hydrogen-bond acceptors (Lipinski definition) is 1. The summed E-state index contributed by atoms with van der Waals surface area (Å²) in [6, 6.07) is 0. The molecule has 2 nitrogen and oxygen atoms in total. The Morgan fingerprint density at radius 3 is 2.41 bits per heavy atom. The van der Waals surface area contributed by atoms with E-state index in [1.165, 1.54) is 12.2 Å². The second kappa shape index (κ2) is 4.55. The van der Waals surface area contributed by atoms with E-state index < -0.39 is 17.5 Å². The maximum absolute atomic E-state index is 12.5. The number of carbonyl (C=O) groups is 1. The third-order valence-electron chi connectivity index (χ3n) is 2.46. The molecule has 1 aliphatic rings. The lowest BCUT2D eigenvalue weighted by molar-refractivity contribution is -0.161. The monoisotopic (exact) mass is 247 g/mol. The van der Waals surface area contributed by atoms with E-state index in [0.717, 1.165) is 6.08 Å². The number of halogens is 3. The maximum atomic E-state index is 12.5. The molecule has 1 N–H and O–H groups in total. The first-order chi connectivity index (χ1) is 7.60. The largest absolute Gasteiger partial charge is 0.395 e. The lowest BCUT2D eigenvalue weighted by atomic mass is 9.93. The molecule has 1 amide bonds. The van der Waals surface area contributed by atoms with Gasteiger partial charge in [-0.25, -0.2) is 0 Å². The van der Waals surface area contributed by atoms with Crippen LogP contribution in [0.3, 0.4) is 0 Å². The molecule has 0 saturated carbocycles. The Morgan fingerprint density at radius 1 is 1.35 bits per heavy atom. The number of rotatable bonds is 1. The topological polar surface area (TPSA) is 29.1 Å². The third kappa shape index (κ3) is 3.91. The summed E-state index contributed by atoms with van der Waals surface area (Å²) in [5.41, 5.74) is -0.301. The molecule has 0 bridgehead atoms. The van der Waals surface area contributed by atoms with Gasteiger partial charge in [-0.15, -0.1) is 0 Å². The van der Waals surface area contributed by atoms with Crippen molar-refractivity contribution in [2.75, 3.05) is 0 Å². The normalized spacial score (nSPS) is 21.1. The summed E-state index contributed by atoms with van der Waals surface area (Å²) in [6.45, 7) is 5.13. The molecule has 0 saturated heterocycles. The molecule has 0 heterocycles. The first kappa shape index (κ1) is 13.8. The summed E-state index contributed by atoms with van der Waals surface area (Å²) in [4.78, 5) is 11.6. The van der Waals surface area contributed by atoms with Gasteiger partial charge in [-0.3, -0.25) is 4.79 Å². The van der Waals surface area contributed by atoms with Gasteiger partial charge in [0, 0.05) is 17.5 Å². The average molecular weight is 247 g/mol. The molecular formula is C12H16F3NO. The minimum atomic E-state index is -4.26. The Kier molecular flexibility index (Phi) is 3.69. The third-order valence-corrected chi connectivity index (χ3v) is 2.46. The van der Waals surface area contributed by atoms with E-state index in [1.807, 2.05) is 0 Å². The van der Waals surface area contributed by atoms with Crippen LogP contribution in [0, 0.1) is 11.3 Å². The SMILES string of the molecule is CC(C)(C)C(=O)NC1=CC=CC(C(F)(F)F)C1. The Labute approximate surface area is 98.6 Å². The molecule has 96 valence electrons. The van der Waals surface area contributed by atoms with Gasteiger partial charge in [-0.1, -0.05) is 32.9 Å². The summed E-state index contributed by atoms with van der Waals surface area (Å²) in [7, 11) is 0. The maximum Gasteiger partial charge on any atom is 0.395 e. The van der Waals surface area contributed by atoms with E-state index in [0.29, 0.717) is 5.70 Å². The Balaban J connectivity index is 2.67. The van der Waals surface area contributed by atoms with Crippen molar-refractivity contribution in [3.63, 3.8) is 0 Å². The number of nitrogens with one attached hydrogen (secondary N) is 1. The number of allylic oxidation sites excluding steroid dienone is 4. The molecule has 0 radical (unpaired) electrons. The Bertz CT molecular complexity index is 361. The van der Waals surface area contributed by atoms with Crippen LogP contribution < -0.4 is 5.32 Å². The molecule has 1 atom stereocenters. The van der Waals surface area contributed by atoms with Crippen molar-refractivity contribution in [1.82, 2.24) is 5.32 Å². The van der Waals surface area contributed by atoms with E-state index in [2.05, 4.69) is 5.32 Å². The Morgan fingerprint density at radius 2 is 1.94 bits per heavy atom. The van der Waals surface area contributed by atoms with Gasteiger partial charge < -0.3 is 5.32 Å². The molecule has 5 heteroatoms. The highest BCUT2D eigenvalue weighted by molar-refractivity contribution is 5.83. The molecule has 1 aliphatic carbocycles. The van der Waals surface area contributed by atoms with Gasteiger partial charge in [0.15, 0.2) is 0 Å². The zero-order valence-electron chi connectivity index (χ0n) is 10.1. The highest BCUT2D eigenvalue weighted by Crippen LogP contribution is 2.33. The Hall–Kier alpha value is -1.26. The van der Waals surface area contributed by atoms with Crippen LogP contribution in [0.4, 0.5) is 13.2 Å². The zero-order valence-corrected chi connectivity index (χ0v) is 10.1. The molecule has 1 rings (SSSR count). The molecule has 17 heavy (non-hydrogen) atoms. The molecule has 0 aromatic carbocycles. The second-order valence-corrected chi connectivity index (χ2v) is 5.13. The lowest BCUT2D eigenvalue weighted by Gasteiger charge is -2.24. The average Bonchev–Trinajstić information content (AvgIpc) is 2.15. The van der Waals surface area contributed by atoms with E-state index in [1.54, 1.807) is 20.8 Å². The fourth-order valence-electron chi connectivity index (χ4n) is 1.33. The molecular weight excluding hydrogens is 231 g/mol. The number of hydrogen-bond donors (Lipinski definition) is 1. The van der Waals surface area contributed by atoms with Crippen LogP contribution >= 0.6 is 0 Å². The van der Waals surface area contributed by atoms with E-state index in [9.17, 15) is 18.0 Å².